The summed E-state index contributed by atoms with van der Waals surface area (Å²) in [7, 11) is -4.37. The minimum Gasteiger partial charge on any atom is -0.282 e. The van der Waals surface area contributed by atoms with Gasteiger partial charge in [0.05, 0.1) is 0 Å². The van der Waals surface area contributed by atoms with Gasteiger partial charge in [0.2, 0.25) is 0 Å². The lowest BCUT2D eigenvalue weighted by atomic mass is 10.5. The normalized spacial score (nSPS) is 11.2. The Balaban J connectivity index is 2.35. The molecule has 2 N–H and O–H groups in total. The summed E-state index contributed by atoms with van der Waals surface area (Å²) in [5.74, 6) is 0.430. The molecule has 94 valence electrons. The first-order chi connectivity index (χ1) is 8.47. The third kappa shape index (κ3) is 2.73. The van der Waals surface area contributed by atoms with Crippen molar-refractivity contribution in [1.29, 1.82) is 0 Å². The zero-order chi connectivity index (χ0) is 13.2. The van der Waals surface area contributed by atoms with E-state index in [2.05, 4.69) is 10.4 Å². The van der Waals surface area contributed by atoms with Crippen molar-refractivity contribution < 1.29 is 13.0 Å². The molecule has 2 rings (SSSR count). The summed E-state index contributed by atoms with van der Waals surface area (Å²) < 4.78 is 31.5. The number of aromatic nitrogens is 2. The summed E-state index contributed by atoms with van der Waals surface area (Å²) in [5.41, 5.74) is 2.04. The first kappa shape index (κ1) is 12.3. The molecule has 0 aliphatic rings. The van der Waals surface area contributed by atoms with Crippen LogP contribution < -0.4 is 11.0 Å². The van der Waals surface area contributed by atoms with Gasteiger partial charge in [0.1, 0.15) is 10.7 Å². The first-order valence-corrected chi connectivity index (χ1v) is 6.29. The van der Waals surface area contributed by atoms with E-state index in [0.717, 1.165) is 16.8 Å². The Hall–Kier alpha value is -2.19. The van der Waals surface area contributed by atoms with E-state index in [1.807, 2.05) is 0 Å². The molecule has 0 saturated heterocycles. The second-order valence-electron chi connectivity index (χ2n) is 3.37. The molecule has 0 amide bonds. The zero-order valence-corrected chi connectivity index (χ0v) is 9.83. The fourth-order valence-electron chi connectivity index (χ4n) is 1.27. The zero-order valence-electron chi connectivity index (χ0n) is 9.02. The average Bonchev–Trinajstić information content (AvgIpc) is 2.32. The summed E-state index contributed by atoms with van der Waals surface area (Å²) in [4.78, 5) is 15.1. The lowest BCUT2D eigenvalue weighted by Gasteiger charge is -2.08. The lowest BCUT2D eigenvalue weighted by Crippen LogP contribution is -2.26. The summed E-state index contributed by atoms with van der Waals surface area (Å²) in [6.07, 6.45) is 2.74. The molecule has 8 heteroatoms. The fourth-order valence-corrected chi connectivity index (χ4v) is 1.75. The van der Waals surface area contributed by atoms with Gasteiger partial charge in [0.15, 0.2) is 0 Å². The molecule has 0 unspecified atom stereocenters. The smallest absolute Gasteiger partial charge is 0.282 e. The van der Waals surface area contributed by atoms with Crippen LogP contribution in [0.15, 0.2) is 52.4 Å². The van der Waals surface area contributed by atoms with E-state index in [0.29, 0.717) is 5.82 Å². The second-order valence-corrected chi connectivity index (χ2v) is 4.79. The van der Waals surface area contributed by atoms with Crippen molar-refractivity contribution in [1.82, 2.24) is 9.66 Å². The number of hydrogen-bond donors (Lipinski definition) is 2. The highest BCUT2D eigenvalue weighted by atomic mass is 32.2. The molecule has 0 bridgehead atoms. The van der Waals surface area contributed by atoms with Crippen LogP contribution in [-0.2, 0) is 10.1 Å². The van der Waals surface area contributed by atoms with Crippen molar-refractivity contribution in [3.63, 3.8) is 0 Å². The van der Waals surface area contributed by atoms with E-state index in [-0.39, 0.29) is 0 Å². The minimum atomic E-state index is -4.37. The molecule has 0 saturated carbocycles. The van der Waals surface area contributed by atoms with E-state index in [4.69, 9.17) is 4.55 Å². The van der Waals surface area contributed by atoms with Crippen molar-refractivity contribution in [2.75, 3.05) is 5.43 Å². The number of anilines is 1. The van der Waals surface area contributed by atoms with Crippen molar-refractivity contribution in [2.45, 2.75) is 4.90 Å². The lowest BCUT2D eigenvalue weighted by molar-refractivity contribution is 0.482. The summed E-state index contributed by atoms with van der Waals surface area (Å²) in [5, 5.41) is 0. The van der Waals surface area contributed by atoms with Gasteiger partial charge in [0.25, 0.3) is 15.7 Å². The van der Waals surface area contributed by atoms with E-state index in [9.17, 15) is 13.2 Å². The van der Waals surface area contributed by atoms with Gasteiger partial charge in [-0.25, -0.2) is 9.66 Å². The van der Waals surface area contributed by atoms with Gasteiger partial charge in [-0.3, -0.25) is 14.8 Å². The van der Waals surface area contributed by atoms with E-state index in [1.165, 1.54) is 6.20 Å². The van der Waals surface area contributed by atoms with Crippen LogP contribution in [0.5, 0.6) is 0 Å². The predicted octanol–water partition coefficient (Wildman–Crippen LogP) is 0.365. The van der Waals surface area contributed by atoms with Crippen LogP contribution in [-0.4, -0.2) is 22.6 Å². The van der Waals surface area contributed by atoms with E-state index < -0.39 is 20.6 Å². The SMILES string of the molecule is O=c1cc(S(=O)(=O)O)ccn1Nc1ccccn1. The molecular formula is C10H9N3O4S. The highest BCUT2D eigenvalue weighted by Crippen LogP contribution is 2.04. The van der Waals surface area contributed by atoms with Crippen LogP contribution in [0.1, 0.15) is 0 Å². The van der Waals surface area contributed by atoms with Gasteiger partial charge in [-0.1, -0.05) is 6.07 Å². The van der Waals surface area contributed by atoms with Gasteiger partial charge in [-0.15, -0.1) is 0 Å². The molecule has 7 nitrogen and oxygen atoms in total. The fraction of sp³-hybridized carbons (Fsp3) is 0. The highest BCUT2D eigenvalue weighted by molar-refractivity contribution is 7.85. The Morgan fingerprint density at radius 1 is 1.28 bits per heavy atom. The van der Waals surface area contributed by atoms with Crippen LogP contribution in [0.25, 0.3) is 0 Å². The topological polar surface area (TPSA) is 101 Å². The maximum atomic E-state index is 11.6. The molecule has 0 aliphatic heterocycles. The largest absolute Gasteiger partial charge is 0.294 e. The molecule has 2 aromatic rings. The van der Waals surface area contributed by atoms with Gasteiger partial charge in [-0.05, 0) is 18.2 Å². The first-order valence-electron chi connectivity index (χ1n) is 4.85. The number of nitrogens with zero attached hydrogens (tertiary/aromatic N) is 2. The molecule has 0 atom stereocenters. The molecule has 0 radical (unpaired) electrons. The van der Waals surface area contributed by atoms with E-state index in [1.54, 1.807) is 24.4 Å². The monoisotopic (exact) mass is 267 g/mol. The van der Waals surface area contributed by atoms with Gasteiger partial charge < -0.3 is 0 Å². The molecular weight excluding hydrogens is 258 g/mol. The van der Waals surface area contributed by atoms with Crippen molar-refractivity contribution in [3.05, 3.63) is 53.1 Å². The second kappa shape index (κ2) is 4.59. The predicted molar refractivity (Wildman–Crippen MR) is 63.8 cm³/mol. The van der Waals surface area contributed by atoms with Crippen LogP contribution in [0, 0.1) is 0 Å². The molecule has 0 aromatic carbocycles. The number of hydrogen-bond acceptors (Lipinski definition) is 5. The van der Waals surface area contributed by atoms with Crippen molar-refractivity contribution in [3.8, 4) is 0 Å². The highest BCUT2D eigenvalue weighted by Gasteiger charge is 2.10. The standard InChI is InChI=1S/C10H9N3O4S/c14-10-7-8(18(15,16)17)4-6-13(10)12-9-3-1-2-5-11-9/h1-7H,(H,11,12)(H,15,16,17). The molecule has 2 aromatic heterocycles. The van der Waals surface area contributed by atoms with Crippen LogP contribution in [0.2, 0.25) is 0 Å². The number of nitrogens with one attached hydrogen (secondary N) is 1. The molecule has 0 spiro atoms. The Morgan fingerprint density at radius 2 is 2.06 bits per heavy atom. The Morgan fingerprint density at radius 3 is 2.61 bits per heavy atom. The molecule has 0 aliphatic carbocycles. The molecule has 0 fully saturated rings. The third-order valence-electron chi connectivity index (χ3n) is 2.09. The Kier molecular flexibility index (Phi) is 3.13. The van der Waals surface area contributed by atoms with Gasteiger partial charge in [-0.2, -0.15) is 8.42 Å². The minimum absolute atomic E-state index is 0.430. The van der Waals surface area contributed by atoms with Crippen LogP contribution in [0.4, 0.5) is 5.82 Å². The third-order valence-corrected chi connectivity index (χ3v) is 2.94. The summed E-state index contributed by atoms with van der Waals surface area (Å²) >= 11 is 0. The number of pyridine rings is 2. The summed E-state index contributed by atoms with van der Waals surface area (Å²) in [6, 6.07) is 7.00. The van der Waals surface area contributed by atoms with Crippen LogP contribution >= 0.6 is 0 Å². The quantitative estimate of drug-likeness (QED) is 0.779. The van der Waals surface area contributed by atoms with Gasteiger partial charge in [0, 0.05) is 18.5 Å². The van der Waals surface area contributed by atoms with Crippen molar-refractivity contribution >= 4 is 15.9 Å². The maximum Gasteiger partial charge on any atom is 0.294 e. The maximum absolute atomic E-state index is 11.6. The van der Waals surface area contributed by atoms with Crippen LogP contribution in [0.3, 0.4) is 0 Å². The molecule has 2 heterocycles. The van der Waals surface area contributed by atoms with Crippen molar-refractivity contribution in [2.24, 2.45) is 0 Å². The number of rotatable bonds is 3. The Labute approximate surface area is 102 Å². The average molecular weight is 267 g/mol. The Bertz CT molecular complexity index is 709. The van der Waals surface area contributed by atoms with E-state index >= 15 is 0 Å². The molecule has 18 heavy (non-hydrogen) atoms. The summed E-state index contributed by atoms with van der Waals surface area (Å²) in [6.45, 7) is 0. The van der Waals surface area contributed by atoms with Gasteiger partial charge >= 0.3 is 0 Å².